The van der Waals surface area contributed by atoms with Gasteiger partial charge in [0, 0.05) is 11.6 Å². The summed E-state index contributed by atoms with van der Waals surface area (Å²) >= 11 is 0. The first-order valence-corrected chi connectivity index (χ1v) is 7.96. The van der Waals surface area contributed by atoms with Crippen molar-refractivity contribution < 1.29 is 0 Å². The van der Waals surface area contributed by atoms with E-state index in [1.165, 1.54) is 57.8 Å². The number of hydrogen-bond donors (Lipinski definition) is 1. The third-order valence-electron chi connectivity index (χ3n) is 5.09. The zero-order chi connectivity index (χ0) is 13.6. The predicted octanol–water partition coefficient (Wildman–Crippen LogP) is 3.79. The van der Waals surface area contributed by atoms with Crippen LogP contribution in [0, 0.1) is 5.92 Å². The lowest BCUT2D eigenvalue weighted by molar-refractivity contribution is 0.0531. The number of nitrogens with zero attached hydrogens (tertiary/aromatic N) is 1. The normalized spacial score (nSPS) is 30.7. The van der Waals surface area contributed by atoms with Gasteiger partial charge in [-0.3, -0.25) is 0 Å². The van der Waals surface area contributed by atoms with E-state index in [0.29, 0.717) is 6.04 Å². The van der Waals surface area contributed by atoms with E-state index in [-0.39, 0.29) is 5.54 Å². The van der Waals surface area contributed by atoms with Crippen LogP contribution in [0.25, 0.3) is 0 Å². The minimum atomic E-state index is 0.277. The second-order valence-electron chi connectivity index (χ2n) is 6.64. The maximum atomic E-state index is 6.57. The topological polar surface area (TPSA) is 29.3 Å². The summed E-state index contributed by atoms with van der Waals surface area (Å²) in [6.45, 7) is 4.65. The van der Waals surface area contributed by atoms with E-state index in [9.17, 15) is 0 Å². The molecule has 2 N–H and O–H groups in total. The Kier molecular flexibility index (Phi) is 6.65. The van der Waals surface area contributed by atoms with E-state index in [0.717, 1.165) is 5.92 Å². The maximum absolute atomic E-state index is 6.57. The summed E-state index contributed by atoms with van der Waals surface area (Å²) < 4.78 is 0. The van der Waals surface area contributed by atoms with Crippen molar-refractivity contribution in [3.05, 3.63) is 0 Å². The third-order valence-corrected chi connectivity index (χ3v) is 5.09. The summed E-state index contributed by atoms with van der Waals surface area (Å²) in [4.78, 5) is 2.42. The second kappa shape index (κ2) is 7.49. The molecule has 2 heteroatoms. The first-order valence-electron chi connectivity index (χ1n) is 7.96. The highest BCUT2D eigenvalue weighted by Crippen LogP contribution is 2.38. The van der Waals surface area contributed by atoms with E-state index < -0.39 is 0 Å². The number of nitrogens with two attached hydrogens (primary N) is 1. The van der Waals surface area contributed by atoms with Crippen molar-refractivity contribution in [3.63, 3.8) is 0 Å². The highest BCUT2D eigenvalue weighted by molar-refractivity contribution is 4.99. The van der Waals surface area contributed by atoms with E-state index >= 15 is 0 Å². The molecule has 1 saturated carbocycles. The van der Waals surface area contributed by atoms with Crippen LogP contribution < -0.4 is 5.73 Å². The van der Waals surface area contributed by atoms with Crippen LogP contribution in [0.2, 0.25) is 0 Å². The molecule has 18 heavy (non-hydrogen) atoms. The lowest BCUT2D eigenvalue weighted by atomic mass is 9.71. The Morgan fingerprint density at radius 1 is 1.17 bits per heavy atom. The van der Waals surface area contributed by atoms with Crippen LogP contribution in [-0.4, -0.2) is 30.6 Å². The molecule has 2 nitrogen and oxygen atoms in total. The van der Waals surface area contributed by atoms with Gasteiger partial charge in [-0.25, -0.2) is 0 Å². The molecule has 1 unspecified atom stereocenters. The van der Waals surface area contributed by atoms with E-state index in [1.807, 2.05) is 0 Å². The maximum Gasteiger partial charge on any atom is 0.0354 e. The van der Waals surface area contributed by atoms with Gasteiger partial charge in [-0.2, -0.15) is 0 Å². The summed E-state index contributed by atoms with van der Waals surface area (Å²) in [6.07, 6.45) is 11.8. The second-order valence-corrected chi connectivity index (χ2v) is 6.64. The smallest absolute Gasteiger partial charge is 0.0354 e. The minimum absolute atomic E-state index is 0.277. The zero-order valence-corrected chi connectivity index (χ0v) is 13.0. The molecule has 0 aromatic rings. The van der Waals surface area contributed by atoms with Crippen LogP contribution in [0.4, 0.5) is 0 Å². The first kappa shape index (κ1) is 16.0. The first-order chi connectivity index (χ1) is 8.53. The van der Waals surface area contributed by atoms with Gasteiger partial charge in [-0.05, 0) is 52.1 Å². The Bertz CT molecular complexity index is 217. The van der Waals surface area contributed by atoms with Gasteiger partial charge < -0.3 is 10.6 Å². The molecule has 1 rings (SSSR count). The van der Waals surface area contributed by atoms with Gasteiger partial charge in [0.1, 0.15) is 0 Å². The van der Waals surface area contributed by atoms with E-state index in [4.69, 9.17) is 5.73 Å². The summed E-state index contributed by atoms with van der Waals surface area (Å²) in [5, 5.41) is 0. The van der Waals surface area contributed by atoms with E-state index in [1.54, 1.807) is 0 Å². The summed E-state index contributed by atoms with van der Waals surface area (Å²) in [5.41, 5.74) is 6.85. The summed E-state index contributed by atoms with van der Waals surface area (Å²) in [7, 11) is 4.45. The molecule has 0 bridgehead atoms. The quantitative estimate of drug-likeness (QED) is 0.700. The molecule has 1 aliphatic rings. The van der Waals surface area contributed by atoms with Gasteiger partial charge in [-0.15, -0.1) is 0 Å². The highest BCUT2D eigenvalue weighted by atomic mass is 15.2. The standard InChI is InChI=1S/C16H34N2/c1-5-6-7-8-9-15(17)16(18(3)4)12-10-14(2)11-13-16/h14-15H,5-13,17H2,1-4H3. The Labute approximate surface area is 114 Å². The number of hydrogen-bond acceptors (Lipinski definition) is 2. The molecule has 0 spiro atoms. The molecule has 0 amide bonds. The molecular formula is C16H34N2. The Morgan fingerprint density at radius 3 is 2.28 bits per heavy atom. The number of rotatable bonds is 7. The summed E-state index contributed by atoms with van der Waals surface area (Å²) in [5.74, 6) is 0.894. The molecule has 1 atom stereocenters. The molecule has 0 saturated heterocycles. The monoisotopic (exact) mass is 254 g/mol. The van der Waals surface area contributed by atoms with Crippen LogP contribution in [0.5, 0.6) is 0 Å². The highest BCUT2D eigenvalue weighted by Gasteiger charge is 2.40. The van der Waals surface area contributed by atoms with Crippen molar-refractivity contribution in [3.8, 4) is 0 Å². The molecule has 0 aliphatic heterocycles. The molecule has 1 fully saturated rings. The fourth-order valence-electron chi connectivity index (χ4n) is 3.47. The predicted molar refractivity (Wildman–Crippen MR) is 80.8 cm³/mol. The average molecular weight is 254 g/mol. The van der Waals surface area contributed by atoms with Gasteiger partial charge in [0.25, 0.3) is 0 Å². The Morgan fingerprint density at radius 2 is 1.78 bits per heavy atom. The van der Waals surface area contributed by atoms with Crippen LogP contribution in [-0.2, 0) is 0 Å². The number of unbranched alkanes of at least 4 members (excludes halogenated alkanes) is 3. The lowest BCUT2D eigenvalue weighted by Gasteiger charge is -2.48. The van der Waals surface area contributed by atoms with Gasteiger partial charge in [0.05, 0.1) is 0 Å². The van der Waals surface area contributed by atoms with Crippen molar-refractivity contribution in [1.29, 1.82) is 0 Å². The van der Waals surface area contributed by atoms with Crippen molar-refractivity contribution in [2.24, 2.45) is 11.7 Å². The van der Waals surface area contributed by atoms with Gasteiger partial charge in [0.2, 0.25) is 0 Å². The molecule has 0 aromatic carbocycles. The Hall–Kier alpha value is -0.0800. The average Bonchev–Trinajstić information content (AvgIpc) is 2.35. The number of likely N-dealkylation sites (N-methyl/N-ethyl adjacent to an activating group) is 1. The molecule has 0 radical (unpaired) electrons. The Balaban J connectivity index is 2.50. The molecule has 0 aromatic heterocycles. The zero-order valence-electron chi connectivity index (χ0n) is 13.0. The SMILES string of the molecule is CCCCCCC(N)C1(N(C)C)CCC(C)CC1. The van der Waals surface area contributed by atoms with Crippen LogP contribution in [0.3, 0.4) is 0 Å². The van der Waals surface area contributed by atoms with Crippen molar-refractivity contribution in [2.45, 2.75) is 83.2 Å². The largest absolute Gasteiger partial charge is 0.326 e. The summed E-state index contributed by atoms with van der Waals surface area (Å²) in [6, 6.07) is 0.358. The third kappa shape index (κ3) is 3.96. The molecule has 1 aliphatic carbocycles. The van der Waals surface area contributed by atoms with Crippen LogP contribution in [0.15, 0.2) is 0 Å². The fraction of sp³-hybridized carbons (Fsp3) is 1.00. The van der Waals surface area contributed by atoms with Crippen molar-refractivity contribution in [2.75, 3.05) is 14.1 Å². The van der Waals surface area contributed by atoms with E-state index in [2.05, 4.69) is 32.8 Å². The van der Waals surface area contributed by atoms with Gasteiger partial charge in [-0.1, -0.05) is 39.5 Å². The van der Waals surface area contributed by atoms with Gasteiger partial charge in [0.15, 0.2) is 0 Å². The lowest BCUT2D eigenvalue weighted by Crippen LogP contribution is -2.58. The fourth-order valence-corrected chi connectivity index (χ4v) is 3.47. The van der Waals surface area contributed by atoms with Gasteiger partial charge >= 0.3 is 0 Å². The molecule has 108 valence electrons. The van der Waals surface area contributed by atoms with Crippen molar-refractivity contribution >= 4 is 0 Å². The molecule has 0 heterocycles. The van der Waals surface area contributed by atoms with Crippen molar-refractivity contribution in [1.82, 2.24) is 4.90 Å². The van der Waals surface area contributed by atoms with Crippen LogP contribution >= 0.6 is 0 Å². The molecular weight excluding hydrogens is 220 g/mol. The van der Waals surface area contributed by atoms with Crippen LogP contribution in [0.1, 0.15) is 71.6 Å². The minimum Gasteiger partial charge on any atom is -0.326 e.